The van der Waals surface area contributed by atoms with E-state index < -0.39 is 6.10 Å². The van der Waals surface area contributed by atoms with Crippen LogP contribution in [0.1, 0.15) is 265 Å². The van der Waals surface area contributed by atoms with Crippen LogP contribution in [0.5, 0.6) is 0 Å². The molecule has 0 spiro atoms. The maximum Gasteiger partial charge on any atom is 0.306 e. The van der Waals surface area contributed by atoms with Gasteiger partial charge in [0.15, 0.2) is 6.10 Å². The quantitative estimate of drug-likeness (QED) is 0.0346. The van der Waals surface area contributed by atoms with Gasteiger partial charge in [-0.15, -0.1) is 0 Å². The minimum atomic E-state index is -0.564. The summed E-state index contributed by atoms with van der Waals surface area (Å²) in [5.74, 6) is -0.420. The number of carbonyl (C=O) groups is 2. The summed E-state index contributed by atoms with van der Waals surface area (Å²) in [6.07, 6.45) is 70.7. The van der Waals surface area contributed by atoms with Crippen LogP contribution in [0.25, 0.3) is 0 Å². The molecule has 0 saturated carbocycles. The van der Waals surface area contributed by atoms with Gasteiger partial charge in [-0.2, -0.15) is 0 Å². The SMILES string of the molecule is CC/C=C\C/C=C\C/C=C\C/C=C\C/C=C\C/C=C\CCCOCC(COC(=O)CCCCCCCCCCCCCCCCCCC)OC(=O)CCCCCCCCCCCCC. The molecule has 0 heterocycles. The van der Waals surface area contributed by atoms with Gasteiger partial charge < -0.3 is 14.2 Å². The summed E-state index contributed by atoms with van der Waals surface area (Å²) in [6, 6.07) is 0. The van der Waals surface area contributed by atoms with Gasteiger partial charge in [0.05, 0.1) is 6.61 Å². The van der Waals surface area contributed by atoms with Crippen molar-refractivity contribution in [1.29, 1.82) is 0 Å². The van der Waals surface area contributed by atoms with E-state index in [0.29, 0.717) is 19.4 Å². The van der Waals surface area contributed by atoms with Crippen LogP contribution in [0, 0.1) is 0 Å². The summed E-state index contributed by atoms with van der Waals surface area (Å²) in [7, 11) is 0. The molecule has 0 amide bonds. The van der Waals surface area contributed by atoms with Gasteiger partial charge in [-0.25, -0.2) is 0 Å². The number of unbranched alkanes of at least 4 members (excludes halogenated alkanes) is 27. The summed E-state index contributed by atoms with van der Waals surface area (Å²) in [5, 5.41) is 0. The highest BCUT2D eigenvalue weighted by Crippen LogP contribution is 2.16. The molecule has 0 fully saturated rings. The smallest absolute Gasteiger partial charge is 0.306 e. The lowest BCUT2D eigenvalue weighted by Crippen LogP contribution is -2.30. The maximum absolute atomic E-state index is 12.8. The molecule has 0 N–H and O–H groups in total. The molecular weight excluding hydrogens is 789 g/mol. The minimum Gasteiger partial charge on any atom is -0.462 e. The van der Waals surface area contributed by atoms with Crippen molar-refractivity contribution in [3.8, 4) is 0 Å². The summed E-state index contributed by atoms with van der Waals surface area (Å²) >= 11 is 0. The van der Waals surface area contributed by atoms with Crippen LogP contribution in [-0.4, -0.2) is 37.9 Å². The van der Waals surface area contributed by atoms with Crippen molar-refractivity contribution in [1.82, 2.24) is 0 Å². The average Bonchev–Trinajstić information content (AvgIpc) is 3.30. The molecule has 64 heavy (non-hydrogen) atoms. The zero-order valence-electron chi connectivity index (χ0n) is 42.5. The predicted molar refractivity (Wildman–Crippen MR) is 279 cm³/mol. The Morgan fingerprint density at radius 1 is 0.359 bits per heavy atom. The Kier molecular flexibility index (Phi) is 52.4. The number of allylic oxidation sites excluding steroid dienone is 12. The molecule has 0 aliphatic heterocycles. The van der Waals surface area contributed by atoms with E-state index in [-0.39, 0.29) is 25.2 Å². The summed E-state index contributed by atoms with van der Waals surface area (Å²) < 4.78 is 17.4. The highest BCUT2D eigenvalue weighted by Gasteiger charge is 2.17. The normalized spacial score (nSPS) is 12.7. The third-order valence-corrected chi connectivity index (χ3v) is 11.8. The second-order valence-electron chi connectivity index (χ2n) is 18.1. The van der Waals surface area contributed by atoms with E-state index in [4.69, 9.17) is 14.2 Å². The van der Waals surface area contributed by atoms with E-state index in [9.17, 15) is 9.59 Å². The minimum absolute atomic E-state index is 0.0644. The molecule has 0 aliphatic rings. The lowest BCUT2D eigenvalue weighted by atomic mass is 10.0. The van der Waals surface area contributed by atoms with Crippen molar-refractivity contribution < 1.29 is 23.8 Å². The van der Waals surface area contributed by atoms with E-state index in [0.717, 1.165) is 77.0 Å². The van der Waals surface area contributed by atoms with Crippen molar-refractivity contribution in [3.63, 3.8) is 0 Å². The van der Waals surface area contributed by atoms with Gasteiger partial charge in [0, 0.05) is 19.4 Å². The lowest BCUT2D eigenvalue weighted by Gasteiger charge is -2.18. The van der Waals surface area contributed by atoms with E-state index in [1.54, 1.807) is 0 Å². The first-order valence-corrected chi connectivity index (χ1v) is 27.5. The van der Waals surface area contributed by atoms with Gasteiger partial charge in [-0.05, 0) is 64.2 Å². The second kappa shape index (κ2) is 54.7. The van der Waals surface area contributed by atoms with Crippen LogP contribution in [0.3, 0.4) is 0 Å². The molecule has 0 saturated heterocycles. The molecule has 0 rings (SSSR count). The molecule has 1 atom stereocenters. The Labute approximate surface area is 397 Å². The molecule has 1 unspecified atom stereocenters. The van der Waals surface area contributed by atoms with Crippen molar-refractivity contribution in [3.05, 3.63) is 72.9 Å². The van der Waals surface area contributed by atoms with Gasteiger partial charge in [-0.1, -0.05) is 261 Å². The molecular formula is C59H104O5. The van der Waals surface area contributed by atoms with Gasteiger partial charge in [-0.3, -0.25) is 9.59 Å². The average molecular weight is 893 g/mol. The van der Waals surface area contributed by atoms with Gasteiger partial charge in [0.25, 0.3) is 0 Å². The number of hydrogen-bond acceptors (Lipinski definition) is 5. The Bertz CT molecular complexity index is 1150. The number of rotatable bonds is 50. The van der Waals surface area contributed by atoms with Crippen LogP contribution in [0.2, 0.25) is 0 Å². The molecule has 0 aromatic heterocycles. The highest BCUT2D eigenvalue weighted by atomic mass is 16.6. The predicted octanol–water partition coefficient (Wildman–Crippen LogP) is 18.7. The number of esters is 2. The topological polar surface area (TPSA) is 61.8 Å². The fourth-order valence-corrected chi connectivity index (χ4v) is 7.70. The monoisotopic (exact) mass is 893 g/mol. The highest BCUT2D eigenvalue weighted by molar-refractivity contribution is 5.70. The van der Waals surface area contributed by atoms with Crippen LogP contribution in [0.4, 0.5) is 0 Å². The third-order valence-electron chi connectivity index (χ3n) is 11.8. The summed E-state index contributed by atoms with van der Waals surface area (Å²) in [4.78, 5) is 25.4. The number of ether oxygens (including phenoxy) is 3. The third kappa shape index (κ3) is 52.0. The standard InChI is InChI=1S/C59H104O5/c1-4-7-10-13-16-19-22-24-26-28-29-30-32-34-36-39-42-45-48-51-54-62-55-57(64-59(61)53-50-47-44-41-37-21-18-15-12-9-6-3)56-63-58(60)52-49-46-43-40-38-35-33-31-27-25-23-20-17-14-11-8-5-2/h7,10,16,19,24,26,29-30,34,36,42,45,57H,4-6,8-9,11-15,17-18,20-23,25,27-28,31-33,35,37-41,43-44,46-56H2,1-3H3/b10-7-,19-16-,26-24-,30-29-,36-34-,45-42-. The van der Waals surface area contributed by atoms with Crippen LogP contribution in [0.15, 0.2) is 72.9 Å². The first-order valence-electron chi connectivity index (χ1n) is 27.5. The van der Waals surface area contributed by atoms with Crippen LogP contribution < -0.4 is 0 Å². The molecule has 0 aromatic rings. The molecule has 0 aliphatic carbocycles. The van der Waals surface area contributed by atoms with E-state index >= 15 is 0 Å². The molecule has 0 bridgehead atoms. The first kappa shape index (κ1) is 61.3. The zero-order chi connectivity index (χ0) is 46.3. The molecule has 5 heteroatoms. The van der Waals surface area contributed by atoms with E-state index in [2.05, 4.69) is 93.7 Å². The van der Waals surface area contributed by atoms with E-state index in [1.807, 2.05) is 0 Å². The van der Waals surface area contributed by atoms with Gasteiger partial charge >= 0.3 is 11.9 Å². The maximum atomic E-state index is 12.8. The second-order valence-corrected chi connectivity index (χ2v) is 18.1. The largest absolute Gasteiger partial charge is 0.462 e. The molecule has 5 nitrogen and oxygen atoms in total. The summed E-state index contributed by atoms with van der Waals surface area (Å²) in [5.41, 5.74) is 0. The Morgan fingerprint density at radius 3 is 1.06 bits per heavy atom. The zero-order valence-corrected chi connectivity index (χ0v) is 42.5. The lowest BCUT2D eigenvalue weighted by molar-refractivity contribution is -0.163. The number of carbonyl (C=O) groups excluding carboxylic acids is 2. The Hall–Kier alpha value is -2.66. The van der Waals surface area contributed by atoms with Crippen LogP contribution in [-0.2, 0) is 23.8 Å². The van der Waals surface area contributed by atoms with Crippen molar-refractivity contribution in [2.45, 2.75) is 271 Å². The molecule has 0 radical (unpaired) electrons. The Morgan fingerprint density at radius 2 is 0.688 bits per heavy atom. The molecule has 370 valence electrons. The van der Waals surface area contributed by atoms with Crippen molar-refractivity contribution >= 4 is 11.9 Å². The van der Waals surface area contributed by atoms with Crippen molar-refractivity contribution in [2.75, 3.05) is 19.8 Å². The first-order chi connectivity index (χ1) is 31.6. The number of hydrogen-bond donors (Lipinski definition) is 0. The fraction of sp³-hybridized carbons (Fsp3) is 0.763. The van der Waals surface area contributed by atoms with Crippen molar-refractivity contribution in [2.24, 2.45) is 0 Å². The molecule has 0 aromatic carbocycles. The van der Waals surface area contributed by atoms with Crippen LogP contribution >= 0.6 is 0 Å². The summed E-state index contributed by atoms with van der Waals surface area (Å²) in [6.45, 7) is 7.60. The van der Waals surface area contributed by atoms with E-state index in [1.165, 1.54) is 154 Å². The Balaban J connectivity index is 4.30. The van der Waals surface area contributed by atoms with Gasteiger partial charge in [0.1, 0.15) is 6.61 Å². The van der Waals surface area contributed by atoms with Gasteiger partial charge in [0.2, 0.25) is 0 Å². The fourth-order valence-electron chi connectivity index (χ4n) is 7.70.